The Bertz CT molecular complexity index is 544. The summed E-state index contributed by atoms with van der Waals surface area (Å²) in [6.07, 6.45) is 2.60. The third-order valence-corrected chi connectivity index (χ3v) is 4.53. The molecule has 1 atom stereocenters. The van der Waals surface area contributed by atoms with Crippen LogP contribution >= 0.6 is 24.0 Å². The molecule has 0 amide bonds. The number of ether oxygens (including phenoxy) is 2. The van der Waals surface area contributed by atoms with Gasteiger partial charge in [-0.05, 0) is 24.5 Å². The van der Waals surface area contributed by atoms with Gasteiger partial charge in [-0.1, -0.05) is 18.2 Å². The van der Waals surface area contributed by atoms with Gasteiger partial charge in [0.25, 0.3) is 0 Å². The van der Waals surface area contributed by atoms with Crippen molar-refractivity contribution in [2.45, 2.75) is 25.5 Å². The van der Waals surface area contributed by atoms with Gasteiger partial charge in [-0.25, -0.2) is 0 Å². The van der Waals surface area contributed by atoms with Crippen molar-refractivity contribution in [3.8, 4) is 0 Å². The molecule has 0 bridgehead atoms. The number of nitrogens with zero attached hydrogens (tertiary/aromatic N) is 2. The van der Waals surface area contributed by atoms with Crippen LogP contribution in [0.1, 0.15) is 18.4 Å². The van der Waals surface area contributed by atoms with E-state index in [-0.39, 0.29) is 24.0 Å². The fourth-order valence-corrected chi connectivity index (χ4v) is 3.19. The Hall–Kier alpha value is -1.06. The molecule has 2 aliphatic heterocycles. The molecule has 0 saturated carbocycles. The number of halogens is 1. The lowest BCUT2D eigenvalue weighted by Crippen LogP contribution is -2.41. The number of nitrogens with one attached hydrogen (secondary N) is 2. The van der Waals surface area contributed by atoms with Crippen molar-refractivity contribution in [2.75, 3.05) is 51.4 Å². The predicted molar refractivity (Wildman–Crippen MR) is 112 cm³/mol. The van der Waals surface area contributed by atoms with E-state index < -0.39 is 0 Å². The fraction of sp³-hybridized carbons (Fsp3) is 0.611. The van der Waals surface area contributed by atoms with E-state index in [1.54, 1.807) is 7.05 Å². The fourth-order valence-electron chi connectivity index (χ4n) is 3.19. The molecule has 3 rings (SSSR count). The lowest BCUT2D eigenvalue weighted by atomic mass is 10.1. The normalized spacial score (nSPS) is 20.9. The molecule has 7 heteroatoms. The molecule has 6 nitrogen and oxygen atoms in total. The minimum Gasteiger partial charge on any atom is -0.378 e. The van der Waals surface area contributed by atoms with Crippen molar-refractivity contribution < 1.29 is 9.47 Å². The first kappa shape index (κ1) is 20.3. The van der Waals surface area contributed by atoms with E-state index in [4.69, 9.17) is 9.47 Å². The van der Waals surface area contributed by atoms with Gasteiger partial charge < -0.3 is 25.0 Å². The van der Waals surface area contributed by atoms with Crippen LogP contribution in [0.3, 0.4) is 0 Å². The van der Waals surface area contributed by atoms with Crippen LogP contribution in [0.15, 0.2) is 29.3 Å². The van der Waals surface area contributed by atoms with Gasteiger partial charge in [0, 0.05) is 45.5 Å². The summed E-state index contributed by atoms with van der Waals surface area (Å²) in [7, 11) is 1.80. The molecule has 2 fully saturated rings. The van der Waals surface area contributed by atoms with Crippen molar-refractivity contribution in [1.82, 2.24) is 10.6 Å². The van der Waals surface area contributed by atoms with Crippen LogP contribution < -0.4 is 15.5 Å². The number of hydrogen-bond acceptors (Lipinski definition) is 4. The van der Waals surface area contributed by atoms with Gasteiger partial charge in [0.15, 0.2) is 5.96 Å². The number of anilines is 1. The summed E-state index contributed by atoms with van der Waals surface area (Å²) in [5, 5.41) is 6.78. The van der Waals surface area contributed by atoms with E-state index in [0.717, 1.165) is 64.8 Å². The topological polar surface area (TPSA) is 58.1 Å². The third kappa shape index (κ3) is 6.00. The summed E-state index contributed by atoms with van der Waals surface area (Å²) in [6.45, 7) is 5.93. The molecule has 1 aromatic rings. The Morgan fingerprint density at radius 3 is 2.72 bits per heavy atom. The van der Waals surface area contributed by atoms with Crippen molar-refractivity contribution in [2.24, 2.45) is 4.99 Å². The van der Waals surface area contributed by atoms with Crippen molar-refractivity contribution >= 4 is 35.6 Å². The van der Waals surface area contributed by atoms with E-state index in [1.807, 2.05) is 0 Å². The molecular formula is C18H29IN4O2. The third-order valence-electron chi connectivity index (χ3n) is 4.53. The Morgan fingerprint density at radius 1 is 1.20 bits per heavy atom. The lowest BCUT2D eigenvalue weighted by Gasteiger charge is -2.30. The summed E-state index contributed by atoms with van der Waals surface area (Å²) >= 11 is 0. The van der Waals surface area contributed by atoms with Gasteiger partial charge in [0.1, 0.15) is 0 Å². The molecule has 0 aliphatic carbocycles. The molecule has 1 unspecified atom stereocenters. The zero-order valence-electron chi connectivity index (χ0n) is 14.9. The smallest absolute Gasteiger partial charge is 0.191 e. The SMILES string of the molecule is CN=C(NCc1ccccc1N1CCOCC1)NCC1CCCO1.I. The summed E-state index contributed by atoms with van der Waals surface area (Å²) in [5.41, 5.74) is 2.56. The molecule has 2 N–H and O–H groups in total. The molecule has 0 radical (unpaired) electrons. The molecule has 0 spiro atoms. The predicted octanol–water partition coefficient (Wildman–Crippen LogP) is 1.99. The van der Waals surface area contributed by atoms with Gasteiger partial charge in [-0.2, -0.15) is 0 Å². The second-order valence-electron chi connectivity index (χ2n) is 6.17. The van der Waals surface area contributed by atoms with Gasteiger partial charge in [-0.15, -0.1) is 24.0 Å². The highest BCUT2D eigenvalue weighted by atomic mass is 127. The van der Waals surface area contributed by atoms with Crippen molar-refractivity contribution in [3.63, 3.8) is 0 Å². The van der Waals surface area contributed by atoms with Gasteiger partial charge >= 0.3 is 0 Å². The average Bonchev–Trinajstić information content (AvgIpc) is 3.16. The zero-order chi connectivity index (χ0) is 16.6. The standard InChI is InChI=1S/C18H28N4O2.HI/c1-19-18(21-14-16-6-4-10-24-16)20-13-15-5-2-3-7-17(15)22-8-11-23-12-9-22;/h2-3,5,7,16H,4,6,8-14H2,1H3,(H2,19,20,21);1H. The molecule has 2 heterocycles. The Labute approximate surface area is 167 Å². The number of rotatable bonds is 5. The largest absolute Gasteiger partial charge is 0.378 e. The van der Waals surface area contributed by atoms with E-state index in [1.165, 1.54) is 11.3 Å². The number of guanidine groups is 1. The molecule has 2 aliphatic rings. The number of hydrogen-bond donors (Lipinski definition) is 2. The highest BCUT2D eigenvalue weighted by molar-refractivity contribution is 14.0. The van der Waals surface area contributed by atoms with Crippen LogP contribution in [0.25, 0.3) is 0 Å². The van der Waals surface area contributed by atoms with E-state index in [2.05, 4.69) is 44.8 Å². The molecule has 25 heavy (non-hydrogen) atoms. The monoisotopic (exact) mass is 460 g/mol. The second kappa shape index (κ2) is 10.8. The van der Waals surface area contributed by atoms with Crippen molar-refractivity contribution in [3.05, 3.63) is 29.8 Å². The van der Waals surface area contributed by atoms with Crippen molar-refractivity contribution in [1.29, 1.82) is 0 Å². The van der Waals surface area contributed by atoms with Gasteiger partial charge in [-0.3, -0.25) is 4.99 Å². The van der Waals surface area contributed by atoms with Crippen LogP contribution in [-0.2, 0) is 16.0 Å². The maximum Gasteiger partial charge on any atom is 0.191 e. The molecular weight excluding hydrogens is 431 g/mol. The number of aliphatic imine (C=N–C) groups is 1. The summed E-state index contributed by atoms with van der Waals surface area (Å²) in [6, 6.07) is 8.54. The van der Waals surface area contributed by atoms with E-state index >= 15 is 0 Å². The van der Waals surface area contributed by atoms with Gasteiger partial charge in [0.2, 0.25) is 0 Å². The first-order valence-corrected chi connectivity index (χ1v) is 8.83. The first-order valence-electron chi connectivity index (χ1n) is 8.83. The highest BCUT2D eigenvalue weighted by Gasteiger charge is 2.16. The van der Waals surface area contributed by atoms with E-state index in [0.29, 0.717) is 6.10 Å². The number of morpholine rings is 1. The summed E-state index contributed by atoms with van der Waals surface area (Å²) in [4.78, 5) is 6.70. The van der Waals surface area contributed by atoms with E-state index in [9.17, 15) is 0 Å². The maximum atomic E-state index is 5.65. The lowest BCUT2D eigenvalue weighted by molar-refractivity contribution is 0.114. The van der Waals surface area contributed by atoms with Gasteiger partial charge in [0.05, 0.1) is 19.3 Å². The molecule has 140 valence electrons. The summed E-state index contributed by atoms with van der Waals surface area (Å²) < 4.78 is 11.1. The highest BCUT2D eigenvalue weighted by Crippen LogP contribution is 2.21. The molecule has 2 saturated heterocycles. The Kier molecular flexibility index (Phi) is 8.77. The first-order chi connectivity index (χ1) is 11.9. The minimum absolute atomic E-state index is 0. The quantitative estimate of drug-likeness (QED) is 0.400. The Morgan fingerprint density at radius 2 is 2.00 bits per heavy atom. The van der Waals surface area contributed by atoms with Crippen LogP contribution in [0.5, 0.6) is 0 Å². The molecule has 0 aromatic heterocycles. The minimum atomic E-state index is 0. The number of benzene rings is 1. The second-order valence-corrected chi connectivity index (χ2v) is 6.17. The Balaban J connectivity index is 0.00000225. The van der Waals surface area contributed by atoms with Crippen LogP contribution in [0.4, 0.5) is 5.69 Å². The van der Waals surface area contributed by atoms with Crippen LogP contribution in [-0.4, -0.2) is 58.6 Å². The van der Waals surface area contributed by atoms with Crippen LogP contribution in [0, 0.1) is 0 Å². The summed E-state index contributed by atoms with van der Waals surface area (Å²) in [5.74, 6) is 0.822. The average molecular weight is 460 g/mol. The van der Waals surface area contributed by atoms with Crippen LogP contribution in [0.2, 0.25) is 0 Å². The zero-order valence-corrected chi connectivity index (χ0v) is 17.2. The molecule has 1 aromatic carbocycles. The maximum absolute atomic E-state index is 5.65. The number of para-hydroxylation sites is 1.